The van der Waals surface area contributed by atoms with E-state index in [4.69, 9.17) is 4.74 Å². The molecule has 0 saturated carbocycles. The summed E-state index contributed by atoms with van der Waals surface area (Å²) in [5.41, 5.74) is 4.61. The Kier molecular flexibility index (Phi) is 10.8. The van der Waals surface area contributed by atoms with Crippen LogP contribution in [0.3, 0.4) is 0 Å². The number of benzene rings is 2. The van der Waals surface area contributed by atoms with Crippen LogP contribution < -0.4 is 4.74 Å². The van der Waals surface area contributed by atoms with Crippen molar-refractivity contribution < 1.29 is 4.74 Å². The fraction of sp³-hybridized carbons (Fsp3) is 0.419. The van der Waals surface area contributed by atoms with Crippen molar-refractivity contribution >= 4 is 0 Å². The highest BCUT2D eigenvalue weighted by Gasteiger charge is 2.05. The Hall–Kier alpha value is -2.94. The summed E-state index contributed by atoms with van der Waals surface area (Å²) in [7, 11) is 0. The van der Waals surface area contributed by atoms with E-state index in [1.54, 1.807) is 0 Å². The molecule has 1 aromatic heterocycles. The number of hydrogen-bond acceptors (Lipinski definition) is 3. The molecule has 180 valence electrons. The van der Waals surface area contributed by atoms with E-state index in [1.807, 2.05) is 36.7 Å². The third kappa shape index (κ3) is 8.44. The normalized spacial score (nSPS) is 12.2. The lowest BCUT2D eigenvalue weighted by Crippen LogP contribution is -1.97. The van der Waals surface area contributed by atoms with Crippen molar-refractivity contribution in [2.75, 3.05) is 6.61 Å². The first-order chi connectivity index (χ1) is 16.7. The number of unbranched alkanes of at least 4 members (excludes halogenated alkanes) is 2. The van der Waals surface area contributed by atoms with Crippen molar-refractivity contribution in [1.82, 2.24) is 9.97 Å². The molecule has 3 rings (SSSR count). The van der Waals surface area contributed by atoms with Crippen LogP contribution in [0.4, 0.5) is 0 Å². The number of hydrogen-bond donors (Lipinski definition) is 0. The van der Waals surface area contributed by atoms with Gasteiger partial charge in [-0.05, 0) is 79.8 Å². The second-order valence-corrected chi connectivity index (χ2v) is 9.15. The fourth-order valence-electron chi connectivity index (χ4n) is 3.89. The maximum absolute atomic E-state index is 5.87. The summed E-state index contributed by atoms with van der Waals surface area (Å²) in [6.45, 7) is 7.52. The highest BCUT2D eigenvalue weighted by Crippen LogP contribution is 2.23. The van der Waals surface area contributed by atoms with Gasteiger partial charge in [-0.25, -0.2) is 9.97 Å². The molecule has 0 N–H and O–H groups in total. The van der Waals surface area contributed by atoms with E-state index in [1.165, 1.54) is 24.8 Å². The van der Waals surface area contributed by atoms with Gasteiger partial charge in [0.25, 0.3) is 0 Å². The molecule has 0 bridgehead atoms. The Bertz CT molecular complexity index is 975. The van der Waals surface area contributed by atoms with Gasteiger partial charge in [-0.3, -0.25) is 0 Å². The van der Waals surface area contributed by atoms with E-state index in [0.717, 1.165) is 72.9 Å². The van der Waals surface area contributed by atoms with Crippen molar-refractivity contribution in [3.63, 3.8) is 0 Å². The van der Waals surface area contributed by atoms with Crippen molar-refractivity contribution in [3.05, 3.63) is 78.6 Å². The predicted molar refractivity (Wildman–Crippen MR) is 144 cm³/mol. The number of aromatic nitrogens is 2. The molecule has 34 heavy (non-hydrogen) atoms. The summed E-state index contributed by atoms with van der Waals surface area (Å²) in [5.74, 6) is 2.45. The topological polar surface area (TPSA) is 35.0 Å². The van der Waals surface area contributed by atoms with Crippen LogP contribution in [0.1, 0.15) is 71.3 Å². The van der Waals surface area contributed by atoms with E-state index in [-0.39, 0.29) is 0 Å². The molecule has 2 aromatic carbocycles. The van der Waals surface area contributed by atoms with Gasteiger partial charge in [0.15, 0.2) is 5.82 Å². The standard InChI is InChI=1S/C31H40N2O/c1-4-6-7-8-9-10-22-34-30-20-18-28(19-21-30)31-32-23-29(24-33-31)27-16-14-26(15-17-27)13-11-12-25(3)5-2/h6-7,14-21,23-25H,4-5,8-13,22H2,1-3H3/t25-/m0/s1. The van der Waals surface area contributed by atoms with Gasteiger partial charge >= 0.3 is 0 Å². The Balaban J connectivity index is 1.48. The molecule has 0 radical (unpaired) electrons. The quantitative estimate of drug-likeness (QED) is 0.180. The van der Waals surface area contributed by atoms with Crippen LogP contribution in [0, 0.1) is 5.92 Å². The Morgan fingerprint density at radius 1 is 0.794 bits per heavy atom. The maximum atomic E-state index is 5.87. The molecule has 0 aliphatic rings. The summed E-state index contributed by atoms with van der Waals surface area (Å²) in [6.07, 6.45) is 17.8. The predicted octanol–water partition coefficient (Wildman–Crippen LogP) is 8.69. The fourth-order valence-corrected chi connectivity index (χ4v) is 3.89. The van der Waals surface area contributed by atoms with E-state index < -0.39 is 0 Å². The summed E-state index contributed by atoms with van der Waals surface area (Å²) < 4.78 is 5.87. The first-order valence-electron chi connectivity index (χ1n) is 13.0. The minimum atomic E-state index is 0.736. The number of allylic oxidation sites excluding steroid dienone is 2. The largest absolute Gasteiger partial charge is 0.494 e. The molecule has 3 heteroatoms. The SMILES string of the molecule is CCC=CCCCCOc1ccc(-c2ncc(-c3ccc(CCC[C@@H](C)CC)cc3)cn2)cc1. The second-order valence-electron chi connectivity index (χ2n) is 9.15. The monoisotopic (exact) mass is 456 g/mol. The Morgan fingerprint density at radius 3 is 2.18 bits per heavy atom. The highest BCUT2D eigenvalue weighted by atomic mass is 16.5. The lowest BCUT2D eigenvalue weighted by Gasteiger charge is -2.09. The lowest BCUT2D eigenvalue weighted by molar-refractivity contribution is 0.307. The number of rotatable bonds is 14. The average molecular weight is 457 g/mol. The van der Waals surface area contributed by atoms with Crippen LogP contribution in [0.15, 0.2) is 73.1 Å². The minimum Gasteiger partial charge on any atom is -0.494 e. The van der Waals surface area contributed by atoms with Crippen LogP contribution in [0.2, 0.25) is 0 Å². The zero-order valence-electron chi connectivity index (χ0n) is 21.2. The highest BCUT2D eigenvalue weighted by molar-refractivity contribution is 5.64. The summed E-state index contributed by atoms with van der Waals surface area (Å²) >= 11 is 0. The van der Waals surface area contributed by atoms with Crippen molar-refractivity contribution in [2.45, 2.75) is 72.1 Å². The summed E-state index contributed by atoms with van der Waals surface area (Å²) in [4.78, 5) is 9.22. The maximum Gasteiger partial charge on any atom is 0.159 e. The molecule has 3 nitrogen and oxygen atoms in total. The van der Waals surface area contributed by atoms with Gasteiger partial charge in [-0.2, -0.15) is 0 Å². The molecular weight excluding hydrogens is 416 g/mol. The van der Waals surface area contributed by atoms with E-state index in [2.05, 4.69) is 67.2 Å². The van der Waals surface area contributed by atoms with Crippen LogP contribution in [-0.2, 0) is 6.42 Å². The molecule has 3 aromatic rings. The van der Waals surface area contributed by atoms with Crippen LogP contribution >= 0.6 is 0 Å². The van der Waals surface area contributed by atoms with Crippen LogP contribution in [0.25, 0.3) is 22.5 Å². The number of aryl methyl sites for hydroxylation is 1. The third-order valence-electron chi connectivity index (χ3n) is 6.35. The van der Waals surface area contributed by atoms with Gasteiger partial charge in [0.2, 0.25) is 0 Å². The zero-order chi connectivity index (χ0) is 24.0. The van der Waals surface area contributed by atoms with Gasteiger partial charge < -0.3 is 4.74 Å². The van der Waals surface area contributed by atoms with E-state index in [0.29, 0.717) is 0 Å². The molecule has 0 spiro atoms. The van der Waals surface area contributed by atoms with Crippen LogP contribution in [0.5, 0.6) is 5.75 Å². The van der Waals surface area contributed by atoms with Gasteiger partial charge in [0.1, 0.15) is 5.75 Å². The number of nitrogens with zero attached hydrogens (tertiary/aromatic N) is 2. The minimum absolute atomic E-state index is 0.736. The first kappa shape index (κ1) is 25.7. The molecule has 0 unspecified atom stereocenters. The molecule has 0 saturated heterocycles. The Morgan fingerprint density at radius 2 is 1.50 bits per heavy atom. The molecule has 0 fully saturated rings. The van der Waals surface area contributed by atoms with E-state index >= 15 is 0 Å². The molecule has 1 atom stereocenters. The van der Waals surface area contributed by atoms with Crippen molar-refractivity contribution in [1.29, 1.82) is 0 Å². The van der Waals surface area contributed by atoms with Gasteiger partial charge in [-0.15, -0.1) is 0 Å². The van der Waals surface area contributed by atoms with Gasteiger partial charge in [0, 0.05) is 23.5 Å². The summed E-state index contributed by atoms with van der Waals surface area (Å²) in [6, 6.07) is 16.9. The van der Waals surface area contributed by atoms with Gasteiger partial charge in [0.05, 0.1) is 6.61 Å². The Labute approximate surface area is 206 Å². The number of ether oxygens (including phenoxy) is 1. The first-order valence-corrected chi connectivity index (χ1v) is 13.0. The lowest BCUT2D eigenvalue weighted by atomic mass is 9.98. The van der Waals surface area contributed by atoms with Crippen molar-refractivity contribution in [2.24, 2.45) is 5.92 Å². The average Bonchev–Trinajstić information content (AvgIpc) is 2.89. The van der Waals surface area contributed by atoms with E-state index in [9.17, 15) is 0 Å². The molecule has 0 aliphatic carbocycles. The summed E-state index contributed by atoms with van der Waals surface area (Å²) in [5, 5.41) is 0. The van der Waals surface area contributed by atoms with Crippen molar-refractivity contribution in [3.8, 4) is 28.3 Å². The molecular formula is C31H40N2O. The smallest absolute Gasteiger partial charge is 0.159 e. The molecule has 0 aliphatic heterocycles. The zero-order valence-corrected chi connectivity index (χ0v) is 21.2. The molecule has 1 heterocycles. The third-order valence-corrected chi connectivity index (χ3v) is 6.35. The van der Waals surface area contributed by atoms with Gasteiger partial charge in [-0.1, -0.05) is 70.0 Å². The molecule has 0 amide bonds. The second kappa shape index (κ2) is 14.3. The van der Waals surface area contributed by atoms with Crippen LogP contribution in [-0.4, -0.2) is 16.6 Å².